The molecule has 2 aromatic rings. The highest BCUT2D eigenvalue weighted by Crippen LogP contribution is 2.28. The lowest BCUT2D eigenvalue weighted by atomic mass is 9.96. The second-order valence-electron chi connectivity index (χ2n) is 5.28. The third-order valence-corrected chi connectivity index (χ3v) is 2.46. The van der Waals surface area contributed by atoms with E-state index in [1.54, 1.807) is 18.5 Å². The number of aromatic nitrogens is 3. The Kier molecular flexibility index (Phi) is 3.33. The number of hydrogen-bond acceptors (Lipinski definition) is 5. The molecular weight excluding hydrogens is 244 g/mol. The quantitative estimate of drug-likeness (QED) is 0.896. The predicted molar refractivity (Wildman–Crippen MR) is 70.5 cm³/mol. The Balaban J connectivity index is 2.42. The summed E-state index contributed by atoms with van der Waals surface area (Å²) in [6, 6.07) is 1.73. The van der Waals surface area contributed by atoms with Crippen LogP contribution in [0.25, 0.3) is 11.5 Å². The minimum absolute atomic E-state index is 0.176. The first kappa shape index (κ1) is 13.2. The molecule has 0 atom stereocenters. The van der Waals surface area contributed by atoms with Crippen LogP contribution in [0.5, 0.6) is 0 Å². The second kappa shape index (κ2) is 4.79. The summed E-state index contributed by atoms with van der Waals surface area (Å²) < 4.78 is 5.26. The topological polar surface area (TPSA) is 80.9 Å². The summed E-state index contributed by atoms with van der Waals surface area (Å²) in [5.41, 5.74) is 1.02. The smallest absolute Gasteiger partial charge is 0.260 e. The molecule has 0 aliphatic rings. The maximum atomic E-state index is 11.2. The molecule has 0 aliphatic carbocycles. The number of amides is 1. The van der Waals surface area contributed by atoms with Crippen LogP contribution < -0.4 is 5.32 Å². The molecule has 0 unspecified atom stereocenters. The van der Waals surface area contributed by atoms with Gasteiger partial charge in [0.05, 0.1) is 17.4 Å². The van der Waals surface area contributed by atoms with Crippen LogP contribution in [0, 0.1) is 0 Å². The van der Waals surface area contributed by atoms with Crippen LogP contribution in [-0.2, 0) is 10.2 Å². The van der Waals surface area contributed by atoms with Crippen LogP contribution in [-0.4, -0.2) is 21.0 Å². The van der Waals surface area contributed by atoms with E-state index >= 15 is 0 Å². The summed E-state index contributed by atoms with van der Waals surface area (Å²) in [7, 11) is 0. The lowest BCUT2D eigenvalue weighted by Crippen LogP contribution is -2.13. The van der Waals surface area contributed by atoms with Gasteiger partial charge in [0.25, 0.3) is 5.89 Å². The Morgan fingerprint density at radius 2 is 2.11 bits per heavy atom. The van der Waals surface area contributed by atoms with Crippen molar-refractivity contribution in [2.75, 3.05) is 5.32 Å². The van der Waals surface area contributed by atoms with Gasteiger partial charge in [-0.3, -0.25) is 9.78 Å². The van der Waals surface area contributed by atoms with Gasteiger partial charge in [-0.05, 0) is 6.07 Å². The van der Waals surface area contributed by atoms with Gasteiger partial charge in [-0.2, -0.15) is 4.98 Å². The lowest BCUT2D eigenvalue weighted by molar-refractivity contribution is -0.114. The number of pyridine rings is 1. The molecule has 0 aromatic carbocycles. The Labute approximate surface area is 111 Å². The average molecular weight is 260 g/mol. The maximum absolute atomic E-state index is 11.2. The zero-order chi connectivity index (χ0) is 14.0. The first-order valence-corrected chi connectivity index (χ1v) is 5.94. The SMILES string of the molecule is CC(=O)Nc1cnccc1-c1nc(C(C)(C)C)no1. The first-order chi connectivity index (χ1) is 8.88. The molecule has 0 saturated heterocycles. The van der Waals surface area contributed by atoms with Crippen molar-refractivity contribution in [1.29, 1.82) is 0 Å². The van der Waals surface area contributed by atoms with Crippen molar-refractivity contribution in [3.05, 3.63) is 24.3 Å². The third kappa shape index (κ3) is 2.96. The van der Waals surface area contributed by atoms with Crippen molar-refractivity contribution in [1.82, 2.24) is 15.1 Å². The van der Waals surface area contributed by atoms with Crippen molar-refractivity contribution in [3.63, 3.8) is 0 Å². The van der Waals surface area contributed by atoms with Gasteiger partial charge >= 0.3 is 0 Å². The van der Waals surface area contributed by atoms with Crippen molar-refractivity contribution >= 4 is 11.6 Å². The van der Waals surface area contributed by atoms with Gasteiger partial charge in [0.2, 0.25) is 5.91 Å². The van der Waals surface area contributed by atoms with E-state index in [-0.39, 0.29) is 11.3 Å². The Hall–Kier alpha value is -2.24. The van der Waals surface area contributed by atoms with Crippen molar-refractivity contribution < 1.29 is 9.32 Å². The number of carbonyl (C=O) groups excluding carboxylic acids is 1. The van der Waals surface area contributed by atoms with Gasteiger partial charge in [-0.15, -0.1) is 0 Å². The van der Waals surface area contributed by atoms with Crippen LogP contribution in [0.15, 0.2) is 23.0 Å². The van der Waals surface area contributed by atoms with Gasteiger partial charge in [-0.25, -0.2) is 0 Å². The molecule has 6 heteroatoms. The van der Waals surface area contributed by atoms with E-state index in [4.69, 9.17) is 4.52 Å². The summed E-state index contributed by atoms with van der Waals surface area (Å²) in [5.74, 6) is 0.814. The van der Waals surface area contributed by atoms with Crippen LogP contribution in [0.2, 0.25) is 0 Å². The van der Waals surface area contributed by atoms with E-state index in [0.717, 1.165) is 0 Å². The van der Waals surface area contributed by atoms with E-state index in [1.807, 2.05) is 20.8 Å². The van der Waals surface area contributed by atoms with Crippen LogP contribution in [0.3, 0.4) is 0 Å². The molecule has 0 bridgehead atoms. The minimum Gasteiger partial charge on any atom is -0.334 e. The zero-order valence-corrected chi connectivity index (χ0v) is 11.4. The summed E-state index contributed by atoms with van der Waals surface area (Å²) in [5, 5.41) is 6.66. The first-order valence-electron chi connectivity index (χ1n) is 5.94. The van der Waals surface area contributed by atoms with Gasteiger partial charge < -0.3 is 9.84 Å². The van der Waals surface area contributed by atoms with E-state index in [0.29, 0.717) is 23.0 Å². The zero-order valence-electron chi connectivity index (χ0n) is 11.4. The van der Waals surface area contributed by atoms with Gasteiger partial charge in [0.1, 0.15) is 0 Å². The number of hydrogen-bond donors (Lipinski definition) is 1. The number of nitrogens with one attached hydrogen (secondary N) is 1. The molecule has 0 radical (unpaired) electrons. The average Bonchev–Trinajstić information content (AvgIpc) is 2.77. The standard InChI is InChI=1S/C13H16N4O2/c1-8(18)15-10-7-14-6-5-9(10)11-16-12(17-19-11)13(2,3)4/h5-7H,1-4H3,(H,15,18). The third-order valence-electron chi connectivity index (χ3n) is 2.46. The van der Waals surface area contributed by atoms with E-state index in [9.17, 15) is 4.79 Å². The molecule has 19 heavy (non-hydrogen) atoms. The van der Waals surface area contributed by atoms with Gasteiger partial charge in [0.15, 0.2) is 5.82 Å². The molecule has 0 spiro atoms. The molecule has 2 aromatic heterocycles. The maximum Gasteiger partial charge on any atom is 0.260 e. The lowest BCUT2D eigenvalue weighted by Gasteiger charge is -2.11. The number of nitrogens with zero attached hydrogens (tertiary/aromatic N) is 3. The monoisotopic (exact) mass is 260 g/mol. The minimum atomic E-state index is -0.192. The molecular formula is C13H16N4O2. The fraction of sp³-hybridized carbons (Fsp3) is 0.385. The highest BCUT2D eigenvalue weighted by atomic mass is 16.5. The van der Waals surface area contributed by atoms with Gasteiger partial charge in [-0.1, -0.05) is 25.9 Å². The Bertz CT molecular complexity index is 599. The number of rotatable bonds is 2. The molecule has 1 amide bonds. The molecule has 1 N–H and O–H groups in total. The molecule has 0 fully saturated rings. The summed E-state index contributed by atoms with van der Waals surface area (Å²) in [4.78, 5) is 19.5. The fourth-order valence-corrected chi connectivity index (χ4v) is 1.51. The van der Waals surface area contributed by atoms with Crippen LogP contribution >= 0.6 is 0 Å². The fourth-order valence-electron chi connectivity index (χ4n) is 1.51. The molecule has 0 aliphatic heterocycles. The Morgan fingerprint density at radius 1 is 1.37 bits per heavy atom. The molecule has 0 saturated carbocycles. The van der Waals surface area contributed by atoms with E-state index < -0.39 is 0 Å². The normalized spacial score (nSPS) is 11.4. The van der Waals surface area contributed by atoms with E-state index in [2.05, 4.69) is 20.4 Å². The largest absolute Gasteiger partial charge is 0.334 e. The van der Waals surface area contributed by atoms with E-state index in [1.165, 1.54) is 6.92 Å². The van der Waals surface area contributed by atoms with Crippen LogP contribution in [0.1, 0.15) is 33.5 Å². The summed E-state index contributed by atoms with van der Waals surface area (Å²) in [6.45, 7) is 7.44. The molecule has 2 rings (SSSR count). The second-order valence-corrected chi connectivity index (χ2v) is 5.28. The Morgan fingerprint density at radius 3 is 2.68 bits per heavy atom. The highest BCUT2D eigenvalue weighted by Gasteiger charge is 2.22. The number of anilines is 1. The molecule has 100 valence electrons. The highest BCUT2D eigenvalue weighted by molar-refractivity contribution is 5.92. The predicted octanol–water partition coefficient (Wildman–Crippen LogP) is 2.39. The van der Waals surface area contributed by atoms with Gasteiger partial charge in [0, 0.05) is 18.5 Å². The summed E-state index contributed by atoms with van der Waals surface area (Å²) in [6.07, 6.45) is 3.17. The molecule has 2 heterocycles. The summed E-state index contributed by atoms with van der Waals surface area (Å²) >= 11 is 0. The van der Waals surface area contributed by atoms with Crippen molar-refractivity contribution in [3.8, 4) is 11.5 Å². The number of carbonyl (C=O) groups is 1. The van der Waals surface area contributed by atoms with Crippen molar-refractivity contribution in [2.24, 2.45) is 0 Å². The van der Waals surface area contributed by atoms with Crippen LogP contribution in [0.4, 0.5) is 5.69 Å². The molecule has 6 nitrogen and oxygen atoms in total. The van der Waals surface area contributed by atoms with Crippen molar-refractivity contribution in [2.45, 2.75) is 33.1 Å².